The Morgan fingerprint density at radius 2 is 1.50 bits per heavy atom. The van der Waals surface area contributed by atoms with Gasteiger partial charge in [0.1, 0.15) is 5.78 Å². The predicted octanol–water partition coefficient (Wildman–Crippen LogP) is 0.105. The molecule has 0 aromatic rings. The molecule has 0 saturated carbocycles. The monoisotopic (exact) mass is 284 g/mol. The number of carbonyl (C=O) groups excluding carboxylic acids is 1. The van der Waals surface area contributed by atoms with Gasteiger partial charge in [-0.1, -0.05) is 0 Å². The van der Waals surface area contributed by atoms with Gasteiger partial charge in [0.05, 0.1) is 12.2 Å². The fraction of sp³-hybridized carbons (Fsp3) is 0.933. The third-order valence-electron chi connectivity index (χ3n) is 4.49. The molecule has 2 aliphatic rings. The van der Waals surface area contributed by atoms with E-state index in [0.29, 0.717) is 13.1 Å². The highest BCUT2D eigenvalue weighted by Gasteiger charge is 2.26. The molecule has 0 bridgehead atoms. The summed E-state index contributed by atoms with van der Waals surface area (Å²) < 4.78 is 0. The number of ketones is 1. The van der Waals surface area contributed by atoms with Crippen LogP contribution in [-0.2, 0) is 4.79 Å². The van der Waals surface area contributed by atoms with Gasteiger partial charge < -0.3 is 20.0 Å². The SMILES string of the molecule is CC(=O)C(CN1CCCC(O)C1)CN1CCCC(O)C1. The first-order valence-corrected chi connectivity index (χ1v) is 7.86. The van der Waals surface area contributed by atoms with Crippen molar-refractivity contribution in [1.29, 1.82) is 0 Å². The number of piperidine rings is 2. The molecule has 2 heterocycles. The number of aliphatic hydroxyl groups is 2. The first kappa shape index (κ1) is 15.9. The molecule has 0 aromatic carbocycles. The van der Waals surface area contributed by atoms with Crippen molar-refractivity contribution >= 4 is 5.78 Å². The van der Waals surface area contributed by atoms with Gasteiger partial charge in [0.2, 0.25) is 0 Å². The molecule has 5 nitrogen and oxygen atoms in total. The zero-order chi connectivity index (χ0) is 14.5. The standard InChI is InChI=1S/C15H28N2O3/c1-12(18)13(8-16-6-2-4-14(19)10-16)9-17-7-3-5-15(20)11-17/h13-15,19-20H,2-11H2,1H3. The number of nitrogens with zero attached hydrogens (tertiary/aromatic N) is 2. The molecule has 5 heteroatoms. The molecule has 0 aromatic heterocycles. The van der Waals surface area contributed by atoms with Crippen LogP contribution in [0.15, 0.2) is 0 Å². The largest absolute Gasteiger partial charge is 0.392 e. The van der Waals surface area contributed by atoms with E-state index in [1.807, 2.05) is 0 Å². The van der Waals surface area contributed by atoms with E-state index in [-0.39, 0.29) is 23.9 Å². The van der Waals surface area contributed by atoms with Crippen molar-refractivity contribution in [3.63, 3.8) is 0 Å². The van der Waals surface area contributed by atoms with Crippen LogP contribution in [0.1, 0.15) is 32.6 Å². The molecule has 0 spiro atoms. The van der Waals surface area contributed by atoms with Gasteiger partial charge in [0.15, 0.2) is 0 Å². The van der Waals surface area contributed by atoms with E-state index in [9.17, 15) is 15.0 Å². The summed E-state index contributed by atoms with van der Waals surface area (Å²) in [5.41, 5.74) is 0. The average molecular weight is 284 g/mol. The Kier molecular flexibility index (Phi) is 5.96. The second-order valence-corrected chi connectivity index (χ2v) is 6.42. The average Bonchev–Trinajstić information content (AvgIpc) is 2.38. The zero-order valence-electron chi connectivity index (χ0n) is 12.5. The number of hydrogen-bond donors (Lipinski definition) is 2. The molecule has 2 N–H and O–H groups in total. The quantitative estimate of drug-likeness (QED) is 0.750. The summed E-state index contributed by atoms with van der Waals surface area (Å²) in [5, 5.41) is 19.4. The summed E-state index contributed by atoms with van der Waals surface area (Å²) in [6.07, 6.45) is 3.28. The van der Waals surface area contributed by atoms with Crippen molar-refractivity contribution in [1.82, 2.24) is 9.80 Å². The Balaban J connectivity index is 1.85. The van der Waals surface area contributed by atoms with E-state index in [0.717, 1.165) is 51.9 Å². The number of likely N-dealkylation sites (tertiary alicyclic amines) is 2. The molecule has 2 saturated heterocycles. The minimum Gasteiger partial charge on any atom is -0.392 e. The van der Waals surface area contributed by atoms with E-state index in [1.165, 1.54) is 0 Å². The van der Waals surface area contributed by atoms with Crippen molar-refractivity contribution < 1.29 is 15.0 Å². The van der Waals surface area contributed by atoms with Gasteiger partial charge in [-0.2, -0.15) is 0 Å². The van der Waals surface area contributed by atoms with Crippen LogP contribution in [0.25, 0.3) is 0 Å². The van der Waals surface area contributed by atoms with Gasteiger partial charge >= 0.3 is 0 Å². The summed E-state index contributed by atoms with van der Waals surface area (Å²) in [7, 11) is 0. The first-order chi connectivity index (χ1) is 9.54. The minimum atomic E-state index is -0.242. The molecule has 0 aliphatic carbocycles. The Morgan fingerprint density at radius 3 is 1.85 bits per heavy atom. The van der Waals surface area contributed by atoms with E-state index >= 15 is 0 Å². The number of Topliss-reactive ketones (excluding diaryl/α,β-unsaturated/α-hetero) is 1. The highest BCUT2D eigenvalue weighted by atomic mass is 16.3. The molecule has 0 amide bonds. The van der Waals surface area contributed by atoms with Crippen LogP contribution in [0.3, 0.4) is 0 Å². The molecule has 2 atom stereocenters. The van der Waals surface area contributed by atoms with Crippen LogP contribution < -0.4 is 0 Å². The first-order valence-electron chi connectivity index (χ1n) is 7.86. The lowest BCUT2D eigenvalue weighted by atomic mass is 9.99. The van der Waals surface area contributed by atoms with Gasteiger partial charge in [-0.3, -0.25) is 4.79 Å². The van der Waals surface area contributed by atoms with E-state index < -0.39 is 0 Å². The molecule has 20 heavy (non-hydrogen) atoms. The highest BCUT2D eigenvalue weighted by molar-refractivity contribution is 5.78. The topological polar surface area (TPSA) is 64.0 Å². The van der Waals surface area contributed by atoms with Crippen molar-refractivity contribution in [3.05, 3.63) is 0 Å². The molecule has 2 unspecified atom stereocenters. The van der Waals surface area contributed by atoms with Crippen molar-refractivity contribution in [2.75, 3.05) is 39.3 Å². The number of β-amino-alcohol motifs (C(OH)–C–C–N with tert-alkyl or cyclic N) is 2. The Hall–Kier alpha value is -0.490. The molecular weight excluding hydrogens is 256 g/mol. The fourth-order valence-electron chi connectivity index (χ4n) is 3.33. The van der Waals surface area contributed by atoms with Crippen molar-refractivity contribution in [2.24, 2.45) is 5.92 Å². The molecule has 2 aliphatic heterocycles. The summed E-state index contributed by atoms with van der Waals surface area (Å²) in [6, 6.07) is 0. The lowest BCUT2D eigenvalue weighted by Crippen LogP contribution is -2.47. The van der Waals surface area contributed by atoms with E-state index in [4.69, 9.17) is 0 Å². The van der Waals surface area contributed by atoms with Crippen LogP contribution in [0.4, 0.5) is 0 Å². The highest BCUT2D eigenvalue weighted by Crippen LogP contribution is 2.16. The Labute approximate surface area is 121 Å². The molecular formula is C15H28N2O3. The van der Waals surface area contributed by atoms with Gasteiger partial charge in [0, 0.05) is 32.1 Å². The normalized spacial score (nSPS) is 31.1. The zero-order valence-corrected chi connectivity index (χ0v) is 12.5. The van der Waals surface area contributed by atoms with Gasteiger partial charge in [-0.05, 0) is 45.7 Å². The fourth-order valence-corrected chi connectivity index (χ4v) is 3.33. The summed E-state index contributed by atoms with van der Waals surface area (Å²) in [6.45, 7) is 6.45. The number of aliphatic hydroxyl groups excluding tert-OH is 2. The third-order valence-corrected chi connectivity index (χ3v) is 4.49. The van der Waals surface area contributed by atoms with E-state index in [1.54, 1.807) is 6.92 Å². The Morgan fingerprint density at radius 1 is 1.05 bits per heavy atom. The van der Waals surface area contributed by atoms with Gasteiger partial charge in [-0.25, -0.2) is 0 Å². The second-order valence-electron chi connectivity index (χ2n) is 6.42. The van der Waals surface area contributed by atoms with Crippen molar-refractivity contribution in [3.8, 4) is 0 Å². The minimum absolute atomic E-state index is 0.00870. The van der Waals surface area contributed by atoms with Crippen molar-refractivity contribution in [2.45, 2.75) is 44.8 Å². The summed E-state index contributed by atoms with van der Waals surface area (Å²) in [5.74, 6) is 0.204. The Bertz CT molecular complexity index is 300. The maximum absolute atomic E-state index is 11.9. The van der Waals surface area contributed by atoms with Gasteiger partial charge in [0.25, 0.3) is 0 Å². The predicted molar refractivity (Wildman–Crippen MR) is 77.5 cm³/mol. The smallest absolute Gasteiger partial charge is 0.135 e. The molecule has 116 valence electrons. The molecule has 2 fully saturated rings. The number of hydrogen-bond acceptors (Lipinski definition) is 5. The van der Waals surface area contributed by atoms with Crippen LogP contribution in [-0.4, -0.2) is 77.3 Å². The summed E-state index contributed by atoms with van der Waals surface area (Å²) in [4.78, 5) is 16.3. The van der Waals surface area contributed by atoms with Crippen LogP contribution in [0.5, 0.6) is 0 Å². The molecule has 0 radical (unpaired) electrons. The number of carbonyl (C=O) groups is 1. The maximum atomic E-state index is 11.9. The molecule has 2 rings (SSSR count). The maximum Gasteiger partial charge on any atom is 0.135 e. The second kappa shape index (κ2) is 7.50. The third kappa shape index (κ3) is 4.81. The summed E-state index contributed by atoms with van der Waals surface area (Å²) >= 11 is 0. The van der Waals surface area contributed by atoms with Crippen LogP contribution in [0.2, 0.25) is 0 Å². The van der Waals surface area contributed by atoms with Crippen LogP contribution >= 0.6 is 0 Å². The number of rotatable bonds is 5. The van der Waals surface area contributed by atoms with Gasteiger partial charge in [-0.15, -0.1) is 0 Å². The lowest BCUT2D eigenvalue weighted by Gasteiger charge is -2.36. The lowest BCUT2D eigenvalue weighted by molar-refractivity contribution is -0.122. The van der Waals surface area contributed by atoms with E-state index in [2.05, 4.69) is 9.80 Å². The van der Waals surface area contributed by atoms with Crippen LogP contribution in [0, 0.1) is 5.92 Å².